The zero-order valence-electron chi connectivity index (χ0n) is 86.2. The molecule has 0 unspecified atom stereocenters. The number of ether oxygens (including phenoxy) is 1. The van der Waals surface area contributed by atoms with E-state index in [1.807, 2.05) is 57.5 Å². The number of fused-ring (bicyclic) bond motifs is 5. The van der Waals surface area contributed by atoms with Gasteiger partial charge in [0.05, 0.1) is 28.4 Å². The first kappa shape index (κ1) is 108. The quantitative estimate of drug-likeness (QED) is 0.0192. The average molecular weight is 2120 g/mol. The van der Waals surface area contributed by atoms with Crippen LogP contribution in [0, 0.1) is 6.92 Å². The number of likely N-dealkylation sites (N-methyl/N-ethyl adjacent to an activating group) is 1. The second-order valence-electron chi connectivity index (χ2n) is 39.4. The van der Waals surface area contributed by atoms with Crippen LogP contribution < -0.4 is 90.6 Å². The Morgan fingerprint density at radius 3 is 0.920 bits per heavy atom. The number of piperazine rings is 1. The van der Waals surface area contributed by atoms with Gasteiger partial charge in [-0.1, -0.05) is 123 Å². The summed E-state index contributed by atoms with van der Waals surface area (Å²) in [7, 11) is 7.62. The van der Waals surface area contributed by atoms with Crippen LogP contribution in [0.2, 0.25) is 0 Å². The van der Waals surface area contributed by atoms with E-state index in [4.69, 9.17) is 33.7 Å². The van der Waals surface area contributed by atoms with Gasteiger partial charge in [-0.3, -0.25) is 24.0 Å². The number of carbonyl (C=O) groups excluding carboxylic acids is 5. The third-order valence-electron chi connectivity index (χ3n) is 29.1. The number of amides is 5. The zero-order chi connectivity index (χ0) is 105. The van der Waals surface area contributed by atoms with Gasteiger partial charge < -0.3 is 95.5 Å². The number of nitrogens with two attached hydrogens (primary N) is 5. The highest BCUT2D eigenvalue weighted by Crippen LogP contribution is 2.46. The molecule has 13 heterocycles. The molecule has 150 heavy (non-hydrogen) atoms. The predicted molar refractivity (Wildman–Crippen MR) is 618 cm³/mol. The highest BCUT2D eigenvalue weighted by Gasteiger charge is 2.30. The van der Waals surface area contributed by atoms with Crippen molar-refractivity contribution >= 4 is 200 Å². The maximum atomic E-state index is 12.8. The molecule has 788 valence electrons. The van der Waals surface area contributed by atoms with Crippen LogP contribution in [-0.2, 0) is 32.1 Å². The molecular weight excluding hydrogens is 1980 g/mol. The number of anilines is 11. The molecule has 0 spiro atoms. The molecule has 6 fully saturated rings. The van der Waals surface area contributed by atoms with Crippen molar-refractivity contribution in [3.05, 3.63) is 251 Å². The number of nitrogen functional groups attached to an aromatic ring is 5. The number of rotatable bonds is 31. The summed E-state index contributed by atoms with van der Waals surface area (Å²) in [4.78, 5) is 101. The molecule has 0 bridgehead atoms. The number of benzene rings is 5. The minimum atomic E-state index is -2.96. The molecule has 10 aromatic heterocycles. The Morgan fingerprint density at radius 1 is 0.333 bits per heavy atom. The minimum Gasteiger partial charge on any atom is -0.417 e. The molecular formula is C115H138F2N22O6S5. The molecule has 3 aliphatic carbocycles. The van der Waals surface area contributed by atoms with Gasteiger partial charge in [0, 0.05) is 162 Å². The number of pyridine rings is 5. The number of piperidine rings is 2. The topological polar surface area (TPSA) is 398 Å². The van der Waals surface area contributed by atoms with E-state index >= 15 is 0 Å². The van der Waals surface area contributed by atoms with Crippen molar-refractivity contribution in [3.8, 4) is 5.88 Å². The van der Waals surface area contributed by atoms with E-state index in [2.05, 4.69) is 228 Å². The molecule has 5 amide bonds. The zero-order valence-corrected chi connectivity index (χ0v) is 90.2. The minimum absolute atomic E-state index is 0.101. The SMILES string of the molecule is CNc1ccc2c(N)c(C(=O)NCCc3ccc(C4CCCCC4)cc3)sc2n1.CNc1ccc2c(N)c(C(=O)NCCc3ccc(C4CCCCC4)cc3)sc2n1.CNc1ccc2c(N)c(C(=O)NCCc3ccc(N4CCN(C)CC4)cc3)sc2n1.Cc1nc2sc(C(=O)NCCc3ccc(N4CCCCC4)cc3)c(N)c2cc1C1CC1.Nc1c(C(=O)NCCc2ccc(N3CCCCC3)cc2)sc2nc(OC(F)F)ccc12. The summed E-state index contributed by atoms with van der Waals surface area (Å²) in [5.41, 5.74) is 48.5. The summed E-state index contributed by atoms with van der Waals surface area (Å²) in [5, 5.41) is 27.9. The molecule has 21 rings (SSSR count). The number of carbonyl (C=O) groups is 5. The monoisotopic (exact) mass is 2120 g/mol. The maximum absolute atomic E-state index is 12.8. The lowest BCUT2D eigenvalue weighted by Crippen LogP contribution is -2.44. The number of hydrogen-bond donors (Lipinski definition) is 13. The van der Waals surface area contributed by atoms with Gasteiger partial charge >= 0.3 is 6.61 Å². The van der Waals surface area contributed by atoms with Crippen molar-refractivity contribution in [1.82, 2.24) is 56.4 Å². The first-order chi connectivity index (χ1) is 73.0. The Labute approximate surface area is 895 Å². The van der Waals surface area contributed by atoms with Crippen molar-refractivity contribution in [3.63, 3.8) is 0 Å². The molecule has 3 saturated carbocycles. The van der Waals surface area contributed by atoms with Crippen LogP contribution in [0.25, 0.3) is 51.1 Å². The number of aromatic nitrogens is 5. The maximum Gasteiger partial charge on any atom is 0.388 e. The lowest BCUT2D eigenvalue weighted by molar-refractivity contribution is -0.0526. The molecule has 18 N–H and O–H groups in total. The van der Waals surface area contributed by atoms with Crippen LogP contribution in [0.4, 0.5) is 71.7 Å². The highest BCUT2D eigenvalue weighted by atomic mass is 32.1. The van der Waals surface area contributed by atoms with Crippen LogP contribution in [-0.4, -0.2) is 179 Å². The smallest absolute Gasteiger partial charge is 0.388 e. The Bertz CT molecular complexity index is 6940. The Kier molecular flexibility index (Phi) is 37.2. The van der Waals surface area contributed by atoms with E-state index in [9.17, 15) is 32.8 Å². The van der Waals surface area contributed by atoms with Crippen LogP contribution in [0.1, 0.15) is 232 Å². The largest absolute Gasteiger partial charge is 0.417 e. The summed E-state index contributed by atoms with van der Waals surface area (Å²) >= 11 is 6.46. The fraction of sp³-hybridized carbons (Fsp3) is 0.391. The van der Waals surface area contributed by atoms with Gasteiger partial charge in [-0.05, 0) is 270 Å². The molecule has 3 aliphatic heterocycles. The predicted octanol–water partition coefficient (Wildman–Crippen LogP) is 22.0. The van der Waals surface area contributed by atoms with E-state index < -0.39 is 6.61 Å². The van der Waals surface area contributed by atoms with E-state index in [-0.39, 0.29) is 35.4 Å². The third kappa shape index (κ3) is 27.8. The summed E-state index contributed by atoms with van der Waals surface area (Å²) in [6.45, 7) is 10.7. The highest BCUT2D eigenvalue weighted by molar-refractivity contribution is 7.23. The Hall–Kier alpha value is -13.6. The first-order valence-electron chi connectivity index (χ1n) is 52.7. The second kappa shape index (κ2) is 51.8. The van der Waals surface area contributed by atoms with Gasteiger partial charge in [0.25, 0.3) is 29.5 Å². The van der Waals surface area contributed by atoms with Crippen LogP contribution >= 0.6 is 56.7 Å². The summed E-state index contributed by atoms with van der Waals surface area (Å²) < 4.78 is 29.1. The van der Waals surface area contributed by atoms with Crippen LogP contribution in [0.5, 0.6) is 5.88 Å². The van der Waals surface area contributed by atoms with E-state index in [0.29, 0.717) is 108 Å². The third-order valence-corrected chi connectivity index (χ3v) is 34.6. The van der Waals surface area contributed by atoms with Gasteiger partial charge in [-0.2, -0.15) is 8.78 Å². The van der Waals surface area contributed by atoms with Gasteiger partial charge in [0.2, 0.25) is 5.88 Å². The Morgan fingerprint density at radius 2 is 0.613 bits per heavy atom. The number of nitrogens with one attached hydrogen (secondary N) is 8. The molecule has 15 aromatic rings. The molecule has 6 aliphatic rings. The molecule has 3 saturated heterocycles. The number of halogens is 2. The molecule has 0 atom stereocenters. The van der Waals surface area contributed by atoms with Gasteiger partial charge in [-0.15, -0.1) is 56.7 Å². The van der Waals surface area contributed by atoms with E-state index in [0.717, 1.165) is 171 Å². The Balaban J connectivity index is 0.000000128. The van der Waals surface area contributed by atoms with Crippen LogP contribution in [0.3, 0.4) is 0 Å². The standard InChI is InChI=1S/C25H30N4OS.2C23H28N4OS.C22H24F2N4O2S.C22H28N6OS/c1-16-20(18-7-8-18)15-21-22(26)23(31-25(21)28-16)24(30)27-12-11-17-5-9-19(10-6-17)29-13-3-2-4-14-29;2*1-25-19-12-11-18-20(24)21(29-23(18)27-19)22(28)26-14-13-15-7-9-17(10-8-15)16-5-3-2-4-6-16;23-22(24)30-17-9-8-16-18(25)19(31-21(16)27-17)20(29)26-11-10-14-4-6-15(7-5-14)28-12-2-1-3-13-28;1-24-18-8-7-17-19(23)20(30-22(17)26-18)21(29)25-10-9-15-3-5-16(6-4-15)28-13-11-27(2)12-14-28/h5-6,9-10,15,18H,2-4,7-8,11-14,26H2,1H3,(H,27,30);2*7-12,16H,2-6,13-14,24H2,1H3,(H,25,27)(H,26,28);4-9,22H,1-3,10-13,25H2,(H,26,29);3-8H,9-14,23H2,1-2H3,(H,24,26)(H,25,29). The fourth-order valence-electron chi connectivity index (χ4n) is 20.1. The molecule has 5 aromatic carbocycles. The van der Waals surface area contributed by atoms with E-state index in [1.165, 1.54) is 229 Å². The van der Waals surface area contributed by atoms with Gasteiger partial charge in [0.1, 0.15) is 66.0 Å². The number of nitrogens with zero attached hydrogens (tertiary/aromatic N) is 9. The van der Waals surface area contributed by atoms with Gasteiger partial charge in [-0.25, -0.2) is 24.9 Å². The number of alkyl halides is 2. The lowest BCUT2D eigenvalue weighted by Gasteiger charge is -2.34. The second-order valence-corrected chi connectivity index (χ2v) is 44.4. The summed E-state index contributed by atoms with van der Waals surface area (Å²) in [6, 6.07) is 60.1. The van der Waals surface area contributed by atoms with Crippen molar-refractivity contribution < 1.29 is 37.5 Å². The summed E-state index contributed by atoms with van der Waals surface area (Å²) in [6.07, 6.45) is 27.5. The first-order valence-corrected chi connectivity index (χ1v) is 56.8. The van der Waals surface area contributed by atoms with Crippen molar-refractivity contribution in [2.75, 3.05) is 173 Å². The van der Waals surface area contributed by atoms with Crippen LogP contribution in [0.15, 0.2) is 176 Å². The van der Waals surface area contributed by atoms with Crippen molar-refractivity contribution in [2.45, 2.75) is 179 Å². The van der Waals surface area contributed by atoms with Crippen molar-refractivity contribution in [2.24, 2.45) is 0 Å². The number of aryl methyl sites for hydroxylation is 1. The van der Waals surface area contributed by atoms with Gasteiger partial charge in [0.15, 0.2) is 0 Å². The molecule has 28 nitrogen and oxygen atoms in total. The molecule has 0 radical (unpaired) electrons. The van der Waals surface area contributed by atoms with Crippen molar-refractivity contribution in [1.29, 1.82) is 0 Å². The number of hydrogen-bond acceptors (Lipinski definition) is 28. The average Bonchev–Trinajstić information content (AvgIpc) is 1.63. The molecule has 35 heteroatoms. The normalized spacial score (nSPS) is 15.1. The summed E-state index contributed by atoms with van der Waals surface area (Å²) in [5.74, 6) is 3.36. The number of thiophene rings is 5. The fourth-order valence-corrected chi connectivity index (χ4v) is 25.2. The lowest BCUT2D eigenvalue weighted by atomic mass is 9.84. The van der Waals surface area contributed by atoms with E-state index in [1.54, 1.807) is 0 Å².